The fraction of sp³-hybridized carbons (Fsp3) is 0.200. The predicted molar refractivity (Wildman–Crippen MR) is 130 cm³/mol. The number of aryl methyl sites for hydroxylation is 1. The van der Waals surface area contributed by atoms with Gasteiger partial charge in [-0.15, -0.1) is 11.3 Å². The van der Waals surface area contributed by atoms with Crippen molar-refractivity contribution in [3.05, 3.63) is 75.8 Å². The first-order valence-electron chi connectivity index (χ1n) is 10.6. The number of hydrogen-bond donors (Lipinski definition) is 1. The summed E-state index contributed by atoms with van der Waals surface area (Å²) in [4.78, 5) is 30.7. The van der Waals surface area contributed by atoms with Crippen LogP contribution in [0, 0.1) is 6.92 Å². The molecule has 0 saturated carbocycles. The Morgan fingerprint density at radius 2 is 1.80 bits per heavy atom. The lowest BCUT2D eigenvalue weighted by atomic mass is 10.1. The molecule has 4 rings (SSSR count). The van der Waals surface area contributed by atoms with Crippen molar-refractivity contribution >= 4 is 28.9 Å². The van der Waals surface area contributed by atoms with Gasteiger partial charge in [0.15, 0.2) is 18.1 Å². The highest BCUT2D eigenvalue weighted by atomic mass is 32.1. The predicted octanol–water partition coefficient (Wildman–Crippen LogP) is 4.66. The topological polar surface area (TPSA) is 113 Å². The number of ether oxygens (including phenoxy) is 3. The summed E-state index contributed by atoms with van der Waals surface area (Å²) in [6.45, 7) is 1.74. The van der Waals surface area contributed by atoms with Crippen LogP contribution in [0.2, 0.25) is 0 Å². The Labute approximate surface area is 205 Å². The minimum Gasteiger partial charge on any atom is -0.493 e. The smallest absolute Gasteiger partial charge is 0.340 e. The summed E-state index contributed by atoms with van der Waals surface area (Å²) in [5.41, 5.74) is 2.23. The molecule has 0 aliphatic heterocycles. The minimum atomic E-state index is -0.701. The maximum atomic E-state index is 13.0. The van der Waals surface area contributed by atoms with Gasteiger partial charge < -0.3 is 24.1 Å². The summed E-state index contributed by atoms with van der Waals surface area (Å²) in [5.74, 6) is 0.215. The number of esters is 1. The van der Waals surface area contributed by atoms with E-state index < -0.39 is 5.97 Å². The lowest BCUT2D eigenvalue weighted by Crippen LogP contribution is -2.17. The van der Waals surface area contributed by atoms with Gasteiger partial charge in [0.25, 0.3) is 5.89 Å². The summed E-state index contributed by atoms with van der Waals surface area (Å²) in [5, 5.41) is 8.60. The van der Waals surface area contributed by atoms with Crippen LogP contribution in [0.3, 0.4) is 0 Å². The van der Waals surface area contributed by atoms with Crippen molar-refractivity contribution in [2.24, 2.45) is 0 Å². The van der Waals surface area contributed by atoms with Crippen LogP contribution in [0.5, 0.6) is 11.5 Å². The average Bonchev–Trinajstić information content (AvgIpc) is 3.55. The van der Waals surface area contributed by atoms with Gasteiger partial charge in [-0.3, -0.25) is 4.79 Å². The number of hydrogen-bond acceptors (Lipinski definition) is 9. The molecule has 0 radical (unpaired) electrons. The number of carbonyl (C=O) groups is 2. The van der Waals surface area contributed by atoms with Crippen LogP contribution in [-0.2, 0) is 22.6 Å². The molecule has 9 nitrogen and oxygen atoms in total. The average molecular weight is 494 g/mol. The van der Waals surface area contributed by atoms with Crippen LogP contribution in [0.4, 0.5) is 5.69 Å². The zero-order valence-electron chi connectivity index (χ0n) is 19.4. The van der Waals surface area contributed by atoms with Crippen molar-refractivity contribution in [1.82, 2.24) is 10.1 Å². The van der Waals surface area contributed by atoms with Crippen LogP contribution >= 0.6 is 11.3 Å². The second-order valence-corrected chi connectivity index (χ2v) is 8.54. The van der Waals surface area contributed by atoms with Crippen molar-refractivity contribution in [3.63, 3.8) is 0 Å². The SMILES string of the molecule is COc1cc(NC(=O)Cc2cccs2)c(C(=O)OCc2nc(-c3ccc(C)cc3)no2)cc1OC. The number of rotatable bonds is 9. The van der Waals surface area contributed by atoms with E-state index in [-0.39, 0.29) is 36.1 Å². The van der Waals surface area contributed by atoms with E-state index in [2.05, 4.69) is 15.5 Å². The Kier molecular flexibility index (Phi) is 7.41. The summed E-state index contributed by atoms with van der Waals surface area (Å²) < 4.78 is 21.3. The van der Waals surface area contributed by atoms with Gasteiger partial charge in [-0.1, -0.05) is 41.1 Å². The van der Waals surface area contributed by atoms with Crippen LogP contribution in [-0.4, -0.2) is 36.2 Å². The molecule has 2 heterocycles. The lowest BCUT2D eigenvalue weighted by Gasteiger charge is -2.15. The van der Waals surface area contributed by atoms with E-state index in [0.717, 1.165) is 16.0 Å². The molecule has 0 aliphatic carbocycles. The van der Waals surface area contributed by atoms with Crippen molar-refractivity contribution in [1.29, 1.82) is 0 Å². The minimum absolute atomic E-state index is 0.0976. The number of aromatic nitrogens is 2. The Morgan fingerprint density at radius 1 is 1.06 bits per heavy atom. The summed E-state index contributed by atoms with van der Waals surface area (Å²) in [6, 6.07) is 14.3. The molecule has 0 spiro atoms. The number of carbonyl (C=O) groups excluding carboxylic acids is 2. The number of amides is 1. The largest absolute Gasteiger partial charge is 0.493 e. The van der Waals surface area contributed by atoms with E-state index in [0.29, 0.717) is 17.3 Å². The van der Waals surface area contributed by atoms with Gasteiger partial charge in [0.2, 0.25) is 11.7 Å². The number of thiophene rings is 1. The van der Waals surface area contributed by atoms with Crippen molar-refractivity contribution in [2.75, 3.05) is 19.5 Å². The van der Waals surface area contributed by atoms with E-state index in [1.54, 1.807) is 0 Å². The van der Waals surface area contributed by atoms with E-state index in [1.165, 1.54) is 37.7 Å². The third-order valence-corrected chi connectivity index (χ3v) is 5.91. The maximum absolute atomic E-state index is 13.0. The fourth-order valence-corrected chi connectivity index (χ4v) is 3.96. The molecule has 0 fully saturated rings. The van der Waals surface area contributed by atoms with Gasteiger partial charge in [-0.25, -0.2) is 4.79 Å². The molecule has 2 aromatic heterocycles. The molecular formula is C25H23N3O6S. The van der Waals surface area contributed by atoms with Crippen LogP contribution in [0.15, 0.2) is 58.4 Å². The number of methoxy groups -OCH3 is 2. The van der Waals surface area contributed by atoms with Gasteiger partial charge in [0.1, 0.15) is 0 Å². The molecule has 1 N–H and O–H groups in total. The standard InChI is InChI=1S/C25H23N3O6S/c1-15-6-8-16(9-7-15)24-27-23(34-28-24)14-33-25(30)18-12-20(31-2)21(32-3)13-19(18)26-22(29)11-17-5-4-10-35-17/h4-10,12-13H,11,14H2,1-3H3,(H,26,29). The van der Waals surface area contributed by atoms with E-state index in [9.17, 15) is 9.59 Å². The highest BCUT2D eigenvalue weighted by Gasteiger charge is 2.21. The molecule has 0 unspecified atom stereocenters. The van der Waals surface area contributed by atoms with E-state index in [4.69, 9.17) is 18.7 Å². The first kappa shape index (κ1) is 24.0. The van der Waals surface area contributed by atoms with Crippen molar-refractivity contribution in [3.8, 4) is 22.9 Å². The number of nitrogens with one attached hydrogen (secondary N) is 1. The second kappa shape index (κ2) is 10.8. The first-order valence-corrected chi connectivity index (χ1v) is 11.5. The molecule has 4 aromatic rings. The highest BCUT2D eigenvalue weighted by molar-refractivity contribution is 7.10. The van der Waals surface area contributed by atoms with E-state index >= 15 is 0 Å². The molecule has 2 aromatic carbocycles. The third kappa shape index (κ3) is 5.85. The highest BCUT2D eigenvalue weighted by Crippen LogP contribution is 2.34. The molecule has 0 bridgehead atoms. The van der Waals surface area contributed by atoms with Crippen molar-refractivity contribution < 1.29 is 28.3 Å². The Hall–Kier alpha value is -4.18. The quantitative estimate of drug-likeness (QED) is 0.335. The van der Waals surface area contributed by atoms with Gasteiger partial charge in [0.05, 0.1) is 31.9 Å². The molecule has 0 aliphatic rings. The zero-order chi connectivity index (χ0) is 24.8. The normalized spacial score (nSPS) is 10.6. The van der Waals surface area contributed by atoms with Crippen LogP contribution in [0.1, 0.15) is 26.7 Å². The zero-order valence-corrected chi connectivity index (χ0v) is 20.2. The summed E-state index contributed by atoms with van der Waals surface area (Å²) in [7, 11) is 2.92. The summed E-state index contributed by atoms with van der Waals surface area (Å²) >= 11 is 1.47. The third-order valence-electron chi connectivity index (χ3n) is 5.04. The molecule has 180 valence electrons. The van der Waals surface area contributed by atoms with Crippen molar-refractivity contribution in [2.45, 2.75) is 20.0 Å². The molecule has 0 saturated heterocycles. The molecular weight excluding hydrogens is 470 g/mol. The van der Waals surface area contributed by atoms with Crippen LogP contribution < -0.4 is 14.8 Å². The molecule has 10 heteroatoms. The molecule has 1 amide bonds. The van der Waals surface area contributed by atoms with Gasteiger partial charge in [0, 0.05) is 22.6 Å². The Bertz CT molecular complexity index is 1320. The Balaban J connectivity index is 1.50. The van der Waals surface area contributed by atoms with Gasteiger partial charge in [-0.05, 0) is 18.4 Å². The van der Waals surface area contributed by atoms with Gasteiger partial charge >= 0.3 is 5.97 Å². The second-order valence-electron chi connectivity index (χ2n) is 7.51. The number of benzene rings is 2. The van der Waals surface area contributed by atoms with Gasteiger partial charge in [-0.2, -0.15) is 4.98 Å². The first-order chi connectivity index (χ1) is 17.0. The Morgan fingerprint density at radius 3 is 2.49 bits per heavy atom. The number of anilines is 1. The molecule has 35 heavy (non-hydrogen) atoms. The van der Waals surface area contributed by atoms with E-state index in [1.807, 2.05) is 48.7 Å². The fourth-order valence-electron chi connectivity index (χ4n) is 3.26. The molecule has 0 atom stereocenters. The van der Waals surface area contributed by atoms with Crippen LogP contribution in [0.25, 0.3) is 11.4 Å². The number of nitrogens with zero attached hydrogens (tertiary/aromatic N) is 2. The lowest BCUT2D eigenvalue weighted by molar-refractivity contribution is -0.115. The monoisotopic (exact) mass is 493 g/mol. The maximum Gasteiger partial charge on any atom is 0.340 e. The summed E-state index contributed by atoms with van der Waals surface area (Å²) in [6.07, 6.45) is 0.171.